The van der Waals surface area contributed by atoms with E-state index in [1.54, 1.807) is 0 Å². The van der Waals surface area contributed by atoms with E-state index in [1.165, 1.54) is 24.1 Å². The van der Waals surface area contributed by atoms with E-state index in [0.717, 1.165) is 18.7 Å². The number of hydrogen-bond donors (Lipinski definition) is 1. The van der Waals surface area contributed by atoms with E-state index in [1.807, 2.05) is 0 Å². The summed E-state index contributed by atoms with van der Waals surface area (Å²) >= 11 is 0. The summed E-state index contributed by atoms with van der Waals surface area (Å²) in [6, 6.07) is 6.45. The van der Waals surface area contributed by atoms with E-state index >= 15 is 0 Å². The molecule has 0 bridgehead atoms. The highest BCUT2D eigenvalue weighted by Gasteiger charge is 2.47. The van der Waals surface area contributed by atoms with Gasteiger partial charge in [0.1, 0.15) is 11.4 Å². The van der Waals surface area contributed by atoms with Crippen LogP contribution in [0.3, 0.4) is 0 Å². The van der Waals surface area contributed by atoms with Crippen molar-refractivity contribution < 1.29 is 4.74 Å². The van der Waals surface area contributed by atoms with Crippen LogP contribution in [0.2, 0.25) is 0 Å². The van der Waals surface area contributed by atoms with Gasteiger partial charge in [0.25, 0.3) is 0 Å². The highest BCUT2D eigenvalue weighted by atomic mass is 16.5. The van der Waals surface area contributed by atoms with E-state index < -0.39 is 0 Å². The maximum atomic E-state index is 5.97. The SMILES string of the molecule is CCc1ccc2c(c1)NCC1(CC1)O2. The Kier molecular flexibility index (Phi) is 1.55. The molecule has 2 nitrogen and oxygen atoms in total. The maximum absolute atomic E-state index is 5.97. The van der Waals surface area contributed by atoms with Gasteiger partial charge in [-0.2, -0.15) is 0 Å². The molecule has 1 fully saturated rings. The fraction of sp³-hybridized carbons (Fsp3) is 0.500. The number of ether oxygens (including phenoxy) is 1. The fourth-order valence-corrected chi connectivity index (χ4v) is 1.97. The Morgan fingerprint density at radius 1 is 1.43 bits per heavy atom. The number of nitrogens with one attached hydrogen (secondary N) is 1. The van der Waals surface area contributed by atoms with Gasteiger partial charge >= 0.3 is 0 Å². The number of fused-ring (bicyclic) bond motifs is 1. The molecule has 2 heteroatoms. The minimum absolute atomic E-state index is 0.154. The first-order valence-corrected chi connectivity index (χ1v) is 5.37. The second-order valence-corrected chi connectivity index (χ2v) is 4.32. The van der Waals surface area contributed by atoms with Gasteiger partial charge in [-0.3, -0.25) is 0 Å². The average molecular weight is 189 g/mol. The standard InChI is InChI=1S/C12H15NO/c1-2-9-3-4-11-10(7-9)13-8-12(14-11)5-6-12/h3-4,7,13H,2,5-6,8H2,1H3. The zero-order valence-electron chi connectivity index (χ0n) is 8.47. The van der Waals surface area contributed by atoms with Crippen molar-refractivity contribution in [1.82, 2.24) is 0 Å². The van der Waals surface area contributed by atoms with Crippen molar-refractivity contribution in [2.75, 3.05) is 11.9 Å². The van der Waals surface area contributed by atoms with Gasteiger partial charge in [0.05, 0.1) is 12.2 Å². The predicted octanol–water partition coefficient (Wildman–Crippen LogP) is 2.59. The lowest BCUT2D eigenvalue weighted by Gasteiger charge is -2.27. The highest BCUT2D eigenvalue weighted by Crippen LogP contribution is 2.45. The molecule has 0 aromatic heterocycles. The summed E-state index contributed by atoms with van der Waals surface area (Å²) in [4.78, 5) is 0. The molecule has 0 amide bonds. The van der Waals surface area contributed by atoms with Crippen molar-refractivity contribution in [3.05, 3.63) is 23.8 Å². The zero-order valence-corrected chi connectivity index (χ0v) is 8.47. The maximum Gasteiger partial charge on any atom is 0.143 e. The van der Waals surface area contributed by atoms with Gasteiger partial charge in [0.2, 0.25) is 0 Å². The van der Waals surface area contributed by atoms with Crippen LogP contribution < -0.4 is 10.1 Å². The number of anilines is 1. The molecule has 0 saturated heterocycles. The quantitative estimate of drug-likeness (QED) is 0.733. The molecule has 1 aromatic carbocycles. The Balaban J connectivity index is 1.95. The van der Waals surface area contributed by atoms with Gasteiger partial charge in [-0.15, -0.1) is 0 Å². The number of rotatable bonds is 1. The first kappa shape index (κ1) is 8.16. The first-order valence-electron chi connectivity index (χ1n) is 5.37. The van der Waals surface area contributed by atoms with Gasteiger partial charge in [-0.05, 0) is 37.0 Å². The average Bonchev–Trinajstić information content (AvgIpc) is 2.97. The topological polar surface area (TPSA) is 21.3 Å². The van der Waals surface area contributed by atoms with Crippen LogP contribution in [0.5, 0.6) is 5.75 Å². The Hall–Kier alpha value is -1.18. The Morgan fingerprint density at radius 2 is 2.29 bits per heavy atom. The van der Waals surface area contributed by atoms with E-state index in [9.17, 15) is 0 Å². The summed E-state index contributed by atoms with van der Waals surface area (Å²) in [5.74, 6) is 1.03. The molecule has 0 atom stereocenters. The number of aryl methyl sites for hydroxylation is 1. The smallest absolute Gasteiger partial charge is 0.143 e. The summed E-state index contributed by atoms with van der Waals surface area (Å²) < 4.78 is 5.97. The van der Waals surface area contributed by atoms with Crippen molar-refractivity contribution in [3.8, 4) is 5.75 Å². The minimum Gasteiger partial charge on any atom is -0.483 e. The van der Waals surface area contributed by atoms with Crippen LogP contribution in [-0.4, -0.2) is 12.1 Å². The molecule has 1 aromatic rings. The molecule has 0 unspecified atom stereocenters. The van der Waals surface area contributed by atoms with E-state index in [4.69, 9.17) is 4.74 Å². The van der Waals surface area contributed by atoms with Gasteiger partial charge in [-0.25, -0.2) is 0 Å². The molecule has 2 aliphatic rings. The monoisotopic (exact) mass is 189 g/mol. The van der Waals surface area contributed by atoms with E-state index in [0.29, 0.717) is 0 Å². The van der Waals surface area contributed by atoms with Crippen LogP contribution in [0.4, 0.5) is 5.69 Å². The van der Waals surface area contributed by atoms with Crippen LogP contribution in [0.1, 0.15) is 25.3 Å². The Morgan fingerprint density at radius 3 is 3.00 bits per heavy atom. The lowest BCUT2D eigenvalue weighted by molar-refractivity contribution is 0.184. The second kappa shape index (κ2) is 2.66. The van der Waals surface area contributed by atoms with Crippen LogP contribution >= 0.6 is 0 Å². The molecule has 1 heterocycles. The Bertz CT molecular complexity index is 369. The lowest BCUT2D eigenvalue weighted by atomic mass is 10.1. The minimum atomic E-state index is 0.154. The molecule has 3 rings (SSSR count). The summed E-state index contributed by atoms with van der Waals surface area (Å²) in [5, 5.41) is 3.47. The normalized spacial score (nSPS) is 20.9. The molecule has 1 saturated carbocycles. The molecule has 1 aliphatic heterocycles. The van der Waals surface area contributed by atoms with Gasteiger partial charge in [0.15, 0.2) is 0 Å². The number of benzene rings is 1. The first-order chi connectivity index (χ1) is 6.81. The summed E-state index contributed by atoms with van der Waals surface area (Å²) in [6.45, 7) is 3.15. The van der Waals surface area contributed by atoms with Crippen LogP contribution in [-0.2, 0) is 6.42 Å². The summed E-state index contributed by atoms with van der Waals surface area (Å²) in [6.07, 6.45) is 3.49. The molecule has 14 heavy (non-hydrogen) atoms. The summed E-state index contributed by atoms with van der Waals surface area (Å²) in [5.41, 5.74) is 2.69. The third-order valence-electron chi connectivity index (χ3n) is 3.19. The zero-order chi connectivity index (χ0) is 9.60. The molecule has 1 N–H and O–H groups in total. The largest absolute Gasteiger partial charge is 0.483 e. The van der Waals surface area contributed by atoms with Gasteiger partial charge in [-0.1, -0.05) is 13.0 Å². The molecule has 0 radical (unpaired) electrons. The van der Waals surface area contributed by atoms with Crippen molar-refractivity contribution in [1.29, 1.82) is 0 Å². The third-order valence-corrected chi connectivity index (χ3v) is 3.19. The van der Waals surface area contributed by atoms with Crippen molar-refractivity contribution >= 4 is 5.69 Å². The summed E-state index contributed by atoms with van der Waals surface area (Å²) in [7, 11) is 0. The van der Waals surface area contributed by atoms with Crippen molar-refractivity contribution in [2.45, 2.75) is 31.8 Å². The predicted molar refractivity (Wildman–Crippen MR) is 56.9 cm³/mol. The Labute approximate surface area is 84.3 Å². The number of hydrogen-bond acceptors (Lipinski definition) is 2. The highest BCUT2D eigenvalue weighted by molar-refractivity contribution is 5.60. The second-order valence-electron chi connectivity index (χ2n) is 4.32. The van der Waals surface area contributed by atoms with Crippen molar-refractivity contribution in [2.24, 2.45) is 0 Å². The van der Waals surface area contributed by atoms with E-state index in [-0.39, 0.29) is 5.60 Å². The van der Waals surface area contributed by atoms with Crippen LogP contribution in [0.25, 0.3) is 0 Å². The van der Waals surface area contributed by atoms with E-state index in [2.05, 4.69) is 30.4 Å². The third kappa shape index (κ3) is 1.17. The molecular formula is C12H15NO. The van der Waals surface area contributed by atoms with Crippen LogP contribution in [0, 0.1) is 0 Å². The van der Waals surface area contributed by atoms with Gasteiger partial charge in [0, 0.05) is 0 Å². The molecular weight excluding hydrogens is 174 g/mol. The van der Waals surface area contributed by atoms with Crippen LogP contribution in [0.15, 0.2) is 18.2 Å². The van der Waals surface area contributed by atoms with Gasteiger partial charge < -0.3 is 10.1 Å². The molecule has 1 spiro atoms. The molecule has 74 valence electrons. The fourth-order valence-electron chi connectivity index (χ4n) is 1.97. The lowest BCUT2D eigenvalue weighted by Crippen LogP contribution is -2.32. The van der Waals surface area contributed by atoms with Crippen molar-refractivity contribution in [3.63, 3.8) is 0 Å². The molecule has 1 aliphatic carbocycles.